The maximum Gasteiger partial charge on any atom is 0.164 e. The molecule has 0 bridgehead atoms. The molecule has 2 aliphatic rings. The van der Waals surface area contributed by atoms with E-state index in [2.05, 4.69) is 18.7 Å². The van der Waals surface area contributed by atoms with Crippen LogP contribution in [0.5, 0.6) is 0 Å². The van der Waals surface area contributed by atoms with Crippen LogP contribution in [0, 0.1) is 5.41 Å². The summed E-state index contributed by atoms with van der Waals surface area (Å²) in [5.41, 5.74) is 1.24. The van der Waals surface area contributed by atoms with E-state index in [1.54, 1.807) is 0 Å². The molecular formula is C20H29NO2. The van der Waals surface area contributed by atoms with Crippen LogP contribution in [-0.4, -0.2) is 42.5 Å². The normalized spacial score (nSPS) is 27.9. The standard InChI is InChI=1S/C20H29NO2/c1-19(2)15-20(11-14-23-19)10-6-12-21(16-20)13-9-18(22)17-7-4-3-5-8-17/h3-5,7-8H,6,9-16H2,1-2H3. The summed E-state index contributed by atoms with van der Waals surface area (Å²) in [5.74, 6) is 0.262. The second-order valence-corrected chi connectivity index (χ2v) is 7.95. The van der Waals surface area contributed by atoms with E-state index in [0.29, 0.717) is 11.8 Å². The van der Waals surface area contributed by atoms with Gasteiger partial charge in [0.15, 0.2) is 5.78 Å². The third-order valence-electron chi connectivity index (χ3n) is 5.42. The summed E-state index contributed by atoms with van der Waals surface area (Å²) < 4.78 is 5.91. The molecule has 3 heteroatoms. The van der Waals surface area contributed by atoms with E-state index in [4.69, 9.17) is 4.74 Å². The zero-order valence-electron chi connectivity index (χ0n) is 14.5. The molecule has 1 spiro atoms. The summed E-state index contributed by atoms with van der Waals surface area (Å²) in [6.07, 6.45) is 5.49. The quantitative estimate of drug-likeness (QED) is 0.789. The molecule has 0 aromatic heterocycles. The molecule has 2 aliphatic heterocycles. The minimum Gasteiger partial charge on any atom is -0.376 e. The Bertz CT molecular complexity index is 536. The zero-order valence-corrected chi connectivity index (χ0v) is 14.5. The predicted molar refractivity (Wildman–Crippen MR) is 92.8 cm³/mol. The van der Waals surface area contributed by atoms with Crippen molar-refractivity contribution in [3.63, 3.8) is 0 Å². The van der Waals surface area contributed by atoms with Gasteiger partial charge >= 0.3 is 0 Å². The largest absolute Gasteiger partial charge is 0.376 e. The van der Waals surface area contributed by atoms with Gasteiger partial charge in [-0.1, -0.05) is 30.3 Å². The molecule has 0 N–H and O–H groups in total. The van der Waals surface area contributed by atoms with E-state index >= 15 is 0 Å². The predicted octanol–water partition coefficient (Wildman–Crippen LogP) is 3.93. The average Bonchev–Trinajstić information content (AvgIpc) is 2.52. The number of ketones is 1. The highest BCUT2D eigenvalue weighted by Crippen LogP contribution is 2.44. The SMILES string of the molecule is CC1(C)CC2(CCCN(CCC(=O)c3ccccc3)C2)CCO1. The Morgan fingerprint density at radius 2 is 2.00 bits per heavy atom. The van der Waals surface area contributed by atoms with E-state index in [1.165, 1.54) is 19.3 Å². The molecule has 2 heterocycles. The van der Waals surface area contributed by atoms with Crippen molar-refractivity contribution in [2.24, 2.45) is 5.41 Å². The summed E-state index contributed by atoms with van der Waals surface area (Å²) in [6.45, 7) is 8.45. The fraction of sp³-hybridized carbons (Fsp3) is 0.650. The van der Waals surface area contributed by atoms with Crippen molar-refractivity contribution in [2.45, 2.75) is 51.6 Å². The van der Waals surface area contributed by atoms with Gasteiger partial charge in [0.05, 0.1) is 5.60 Å². The number of likely N-dealkylation sites (tertiary alicyclic amines) is 1. The Morgan fingerprint density at radius 1 is 1.22 bits per heavy atom. The smallest absolute Gasteiger partial charge is 0.164 e. The Kier molecular flexibility index (Phi) is 4.88. The first-order chi connectivity index (χ1) is 11.0. The van der Waals surface area contributed by atoms with E-state index in [1.807, 2.05) is 30.3 Å². The van der Waals surface area contributed by atoms with Gasteiger partial charge in [0.1, 0.15) is 0 Å². The summed E-state index contributed by atoms with van der Waals surface area (Å²) >= 11 is 0. The van der Waals surface area contributed by atoms with Crippen LogP contribution in [0.4, 0.5) is 0 Å². The lowest BCUT2D eigenvalue weighted by atomic mass is 9.69. The number of hydrogen-bond acceptors (Lipinski definition) is 3. The van der Waals surface area contributed by atoms with Crippen LogP contribution in [0.3, 0.4) is 0 Å². The molecule has 1 aromatic carbocycles. The Balaban J connectivity index is 1.56. The molecule has 1 unspecified atom stereocenters. The summed E-state index contributed by atoms with van der Waals surface area (Å²) in [7, 11) is 0. The lowest BCUT2D eigenvalue weighted by molar-refractivity contribution is -0.122. The Labute approximate surface area is 140 Å². The van der Waals surface area contributed by atoms with E-state index in [9.17, 15) is 4.79 Å². The van der Waals surface area contributed by atoms with E-state index in [0.717, 1.165) is 38.2 Å². The van der Waals surface area contributed by atoms with Gasteiger partial charge in [-0.2, -0.15) is 0 Å². The highest BCUT2D eigenvalue weighted by molar-refractivity contribution is 5.96. The number of rotatable bonds is 4. The Hall–Kier alpha value is -1.19. The van der Waals surface area contributed by atoms with Gasteiger partial charge in [-0.15, -0.1) is 0 Å². The maximum atomic E-state index is 12.3. The van der Waals surface area contributed by atoms with Crippen molar-refractivity contribution >= 4 is 5.78 Å². The van der Waals surface area contributed by atoms with Crippen LogP contribution < -0.4 is 0 Å². The van der Waals surface area contributed by atoms with Crippen LogP contribution in [-0.2, 0) is 4.74 Å². The third kappa shape index (κ3) is 4.21. The summed E-state index contributed by atoms with van der Waals surface area (Å²) in [5, 5.41) is 0. The average molecular weight is 315 g/mol. The zero-order chi connectivity index (χ0) is 16.3. The minimum atomic E-state index is 0.00111. The number of nitrogens with zero attached hydrogens (tertiary/aromatic N) is 1. The molecule has 1 atom stereocenters. The van der Waals surface area contributed by atoms with Gasteiger partial charge < -0.3 is 9.64 Å². The molecule has 23 heavy (non-hydrogen) atoms. The second-order valence-electron chi connectivity index (χ2n) is 7.95. The summed E-state index contributed by atoms with van der Waals surface area (Å²) in [4.78, 5) is 14.8. The maximum absolute atomic E-state index is 12.3. The van der Waals surface area contributed by atoms with Crippen LogP contribution in [0.2, 0.25) is 0 Å². The van der Waals surface area contributed by atoms with Crippen molar-refractivity contribution in [1.82, 2.24) is 4.90 Å². The monoisotopic (exact) mass is 315 g/mol. The topological polar surface area (TPSA) is 29.5 Å². The fourth-order valence-corrected chi connectivity index (χ4v) is 4.46. The van der Waals surface area contributed by atoms with Crippen LogP contribution in [0.1, 0.15) is 56.3 Å². The lowest BCUT2D eigenvalue weighted by Gasteiger charge is -2.50. The van der Waals surface area contributed by atoms with Gasteiger partial charge in [-0.25, -0.2) is 0 Å². The van der Waals surface area contributed by atoms with Crippen LogP contribution in [0.25, 0.3) is 0 Å². The van der Waals surface area contributed by atoms with E-state index in [-0.39, 0.29) is 11.4 Å². The number of Topliss-reactive ketones (excluding diaryl/α,β-unsaturated/α-hetero) is 1. The van der Waals surface area contributed by atoms with Gasteiger partial charge in [-0.05, 0) is 51.5 Å². The molecule has 0 aliphatic carbocycles. The van der Waals surface area contributed by atoms with Gasteiger partial charge in [0, 0.05) is 31.7 Å². The number of piperidine rings is 1. The van der Waals surface area contributed by atoms with Gasteiger partial charge in [0.2, 0.25) is 0 Å². The summed E-state index contributed by atoms with van der Waals surface area (Å²) in [6, 6.07) is 9.67. The molecule has 3 nitrogen and oxygen atoms in total. The van der Waals surface area contributed by atoms with Crippen molar-refractivity contribution < 1.29 is 9.53 Å². The highest BCUT2D eigenvalue weighted by atomic mass is 16.5. The minimum absolute atomic E-state index is 0.00111. The molecule has 0 saturated carbocycles. The highest BCUT2D eigenvalue weighted by Gasteiger charge is 2.43. The van der Waals surface area contributed by atoms with E-state index < -0.39 is 0 Å². The number of carbonyl (C=O) groups excluding carboxylic acids is 1. The fourth-order valence-electron chi connectivity index (χ4n) is 4.46. The molecular weight excluding hydrogens is 286 g/mol. The first-order valence-electron chi connectivity index (χ1n) is 8.93. The number of hydrogen-bond donors (Lipinski definition) is 0. The molecule has 2 saturated heterocycles. The molecule has 0 radical (unpaired) electrons. The second kappa shape index (κ2) is 6.74. The van der Waals surface area contributed by atoms with Crippen LogP contribution in [0.15, 0.2) is 30.3 Å². The lowest BCUT2D eigenvalue weighted by Crippen LogP contribution is -2.50. The van der Waals surface area contributed by atoms with Crippen LogP contribution >= 0.6 is 0 Å². The Morgan fingerprint density at radius 3 is 2.74 bits per heavy atom. The molecule has 126 valence electrons. The van der Waals surface area contributed by atoms with Crippen molar-refractivity contribution in [3.8, 4) is 0 Å². The number of ether oxygens (including phenoxy) is 1. The number of benzene rings is 1. The molecule has 0 amide bonds. The molecule has 3 rings (SSSR count). The van der Waals surface area contributed by atoms with Gasteiger partial charge in [0.25, 0.3) is 0 Å². The molecule has 1 aromatic rings. The first-order valence-corrected chi connectivity index (χ1v) is 8.93. The first kappa shape index (κ1) is 16.7. The van der Waals surface area contributed by atoms with Crippen molar-refractivity contribution in [1.29, 1.82) is 0 Å². The number of carbonyl (C=O) groups is 1. The van der Waals surface area contributed by atoms with Crippen molar-refractivity contribution in [3.05, 3.63) is 35.9 Å². The van der Waals surface area contributed by atoms with Gasteiger partial charge in [-0.3, -0.25) is 4.79 Å². The molecule has 2 fully saturated rings. The van der Waals surface area contributed by atoms with Crippen molar-refractivity contribution in [2.75, 3.05) is 26.2 Å². The third-order valence-corrected chi connectivity index (χ3v) is 5.42.